The minimum Gasteiger partial charge on any atom is -0.439 e. The van der Waals surface area contributed by atoms with E-state index >= 15 is 0 Å². The second-order valence-corrected chi connectivity index (χ2v) is 10.8. The molecule has 3 aromatic heterocycles. The summed E-state index contributed by atoms with van der Waals surface area (Å²) in [5.41, 5.74) is 2.15. The van der Waals surface area contributed by atoms with Gasteiger partial charge in [-0.1, -0.05) is 25.1 Å². The maximum Gasteiger partial charge on any atom is 0.331 e. The quantitative estimate of drug-likeness (QED) is 0.270. The van der Waals surface area contributed by atoms with Crippen molar-refractivity contribution in [2.45, 2.75) is 51.6 Å². The molecule has 1 aliphatic carbocycles. The van der Waals surface area contributed by atoms with Gasteiger partial charge in [-0.3, -0.25) is 14.5 Å². The summed E-state index contributed by atoms with van der Waals surface area (Å²) in [6.45, 7) is 3.60. The molecule has 0 spiro atoms. The molecule has 204 valence electrons. The number of amides is 4. The lowest BCUT2D eigenvalue weighted by atomic mass is 10.1. The monoisotopic (exact) mass is 556 g/mol. The van der Waals surface area contributed by atoms with Crippen LogP contribution in [0.5, 0.6) is 11.6 Å². The first-order valence-electron chi connectivity index (χ1n) is 13.3. The van der Waals surface area contributed by atoms with Gasteiger partial charge in [0.15, 0.2) is 0 Å². The van der Waals surface area contributed by atoms with E-state index in [0.29, 0.717) is 55.9 Å². The van der Waals surface area contributed by atoms with Gasteiger partial charge >= 0.3 is 6.03 Å². The number of pyridine rings is 2. The van der Waals surface area contributed by atoms with Crippen molar-refractivity contribution in [1.82, 2.24) is 20.6 Å². The highest BCUT2D eigenvalue weighted by Gasteiger charge is 2.37. The van der Waals surface area contributed by atoms with E-state index in [0.717, 1.165) is 19.3 Å². The molecule has 40 heavy (non-hydrogen) atoms. The third kappa shape index (κ3) is 4.73. The van der Waals surface area contributed by atoms with E-state index in [4.69, 9.17) is 4.74 Å². The van der Waals surface area contributed by atoms with E-state index in [-0.39, 0.29) is 23.9 Å². The molecule has 1 aliphatic heterocycles. The summed E-state index contributed by atoms with van der Waals surface area (Å²) in [5, 5.41) is 9.78. The number of rotatable bonds is 7. The Morgan fingerprint density at radius 3 is 2.62 bits per heavy atom. The first-order chi connectivity index (χ1) is 19.4. The Kier molecular flexibility index (Phi) is 6.81. The van der Waals surface area contributed by atoms with Crippen LogP contribution >= 0.6 is 11.3 Å². The number of para-hydroxylation sites is 1. The van der Waals surface area contributed by atoms with Crippen LogP contribution in [0.15, 0.2) is 54.7 Å². The number of aromatic nitrogens is 2. The zero-order valence-corrected chi connectivity index (χ0v) is 22.9. The first-order valence-corrected chi connectivity index (χ1v) is 14.1. The Hall–Kier alpha value is -4.51. The Morgan fingerprint density at radius 1 is 1.10 bits per heavy atom. The number of nitrogens with one attached hydrogen (secondary N) is 3. The number of hydrogen-bond donors (Lipinski definition) is 3. The largest absolute Gasteiger partial charge is 0.439 e. The van der Waals surface area contributed by atoms with E-state index in [9.17, 15) is 14.4 Å². The number of nitrogens with zero attached hydrogens (tertiary/aromatic N) is 3. The number of anilines is 3. The van der Waals surface area contributed by atoms with Crippen molar-refractivity contribution in [3.8, 4) is 11.6 Å². The number of urea groups is 1. The van der Waals surface area contributed by atoms with Crippen LogP contribution in [-0.2, 0) is 4.79 Å². The van der Waals surface area contributed by atoms with Crippen molar-refractivity contribution in [3.63, 3.8) is 0 Å². The predicted octanol–water partition coefficient (Wildman–Crippen LogP) is 5.65. The van der Waals surface area contributed by atoms with Crippen LogP contribution in [0.3, 0.4) is 0 Å². The van der Waals surface area contributed by atoms with E-state index < -0.39 is 6.03 Å². The van der Waals surface area contributed by atoms with Gasteiger partial charge in [0.1, 0.15) is 15.5 Å². The van der Waals surface area contributed by atoms with Crippen LogP contribution in [0.1, 0.15) is 48.0 Å². The molecular formula is C29H28N6O4S. The molecule has 6 rings (SSSR count). The Bertz CT molecular complexity index is 1620. The molecule has 3 N–H and O–H groups in total. The molecule has 4 aromatic rings. The topological polar surface area (TPSA) is 126 Å². The highest BCUT2D eigenvalue weighted by molar-refractivity contribution is 7.21. The summed E-state index contributed by atoms with van der Waals surface area (Å²) in [6, 6.07) is 13.8. The van der Waals surface area contributed by atoms with Gasteiger partial charge in [0.25, 0.3) is 5.91 Å². The molecule has 10 nitrogen and oxygen atoms in total. The van der Waals surface area contributed by atoms with Gasteiger partial charge in [-0.05, 0) is 50.5 Å². The van der Waals surface area contributed by atoms with E-state index in [2.05, 4.69) is 25.9 Å². The summed E-state index contributed by atoms with van der Waals surface area (Å²) in [7, 11) is 0. The van der Waals surface area contributed by atoms with Gasteiger partial charge < -0.3 is 20.7 Å². The van der Waals surface area contributed by atoms with Crippen LogP contribution in [0, 0.1) is 6.92 Å². The van der Waals surface area contributed by atoms with Crippen molar-refractivity contribution >= 4 is 56.5 Å². The maximum absolute atomic E-state index is 13.8. The van der Waals surface area contributed by atoms with E-state index in [1.54, 1.807) is 38.2 Å². The van der Waals surface area contributed by atoms with Crippen LogP contribution in [0.2, 0.25) is 0 Å². The second-order valence-electron chi connectivity index (χ2n) is 9.79. The van der Waals surface area contributed by atoms with Crippen LogP contribution in [0.4, 0.5) is 21.9 Å². The lowest BCUT2D eigenvalue weighted by molar-refractivity contribution is -0.121. The number of thiophene rings is 1. The molecule has 11 heteroatoms. The minimum atomic E-state index is -0.400. The number of benzene rings is 1. The van der Waals surface area contributed by atoms with Crippen molar-refractivity contribution in [1.29, 1.82) is 0 Å². The van der Waals surface area contributed by atoms with Gasteiger partial charge in [0.05, 0.1) is 28.1 Å². The average molecular weight is 557 g/mol. The summed E-state index contributed by atoms with van der Waals surface area (Å²) < 4.78 is 5.88. The molecule has 4 heterocycles. The zero-order chi connectivity index (χ0) is 27.8. The third-order valence-corrected chi connectivity index (χ3v) is 8.27. The van der Waals surface area contributed by atoms with Crippen molar-refractivity contribution in [3.05, 3.63) is 65.3 Å². The smallest absolute Gasteiger partial charge is 0.331 e. The second kappa shape index (κ2) is 10.6. The fourth-order valence-electron chi connectivity index (χ4n) is 5.26. The molecule has 2 atom stereocenters. The minimum absolute atomic E-state index is 0.0394. The summed E-state index contributed by atoms with van der Waals surface area (Å²) in [6.07, 6.45) is 4.48. The molecule has 4 amide bonds. The van der Waals surface area contributed by atoms with Crippen molar-refractivity contribution in [2.24, 2.45) is 0 Å². The lowest BCUT2D eigenvalue weighted by Crippen LogP contribution is -2.48. The zero-order valence-electron chi connectivity index (χ0n) is 22.1. The fraction of sp³-hybridized carbons (Fsp3) is 0.276. The molecule has 1 aromatic carbocycles. The summed E-state index contributed by atoms with van der Waals surface area (Å²) >= 11 is 1.24. The summed E-state index contributed by atoms with van der Waals surface area (Å²) in [4.78, 5) is 50.9. The van der Waals surface area contributed by atoms with Gasteiger partial charge in [0.2, 0.25) is 11.8 Å². The average Bonchev–Trinajstić information content (AvgIpc) is 3.55. The lowest BCUT2D eigenvalue weighted by Gasteiger charge is -2.29. The fourth-order valence-corrected chi connectivity index (χ4v) is 6.32. The predicted molar refractivity (Wildman–Crippen MR) is 154 cm³/mol. The van der Waals surface area contributed by atoms with Crippen LogP contribution < -0.4 is 25.6 Å². The maximum atomic E-state index is 13.8. The van der Waals surface area contributed by atoms with Crippen LogP contribution in [0.25, 0.3) is 10.2 Å². The summed E-state index contributed by atoms with van der Waals surface area (Å²) in [5.74, 6) is 0.696. The molecule has 0 radical (unpaired) electrons. The Balaban J connectivity index is 1.36. The first kappa shape index (κ1) is 25.8. The number of ether oxygens (including phenoxy) is 1. The number of aryl methyl sites for hydroxylation is 1. The van der Waals surface area contributed by atoms with Gasteiger partial charge in [-0.15, -0.1) is 11.3 Å². The normalized spacial score (nSPS) is 17.9. The highest BCUT2D eigenvalue weighted by atomic mass is 32.1. The number of carbonyl (C=O) groups excluding carboxylic acids is 3. The standard InChI is InChI=1S/C29H28N6O4S/c1-3-22(36)32-18-10-7-11-19(18)33-27(37)26-25-24-20(14-15-30-28(24)40-26)34-29(38)35(25)21-12-13-23(31-16(21)2)39-17-8-5-4-6-9-17/h4-6,8-9,12-15,18-19H,3,7,10-11H2,1-2H3,(H,32,36)(H,33,37)(H,34,38)/t18-,19+/m0/s1. The van der Waals surface area contributed by atoms with Gasteiger partial charge in [-0.2, -0.15) is 0 Å². The molecular weight excluding hydrogens is 528 g/mol. The SMILES string of the molecule is CCC(=O)N[C@H]1CCC[C@H]1NC(=O)c1sc2nccc3c2c1N(c1ccc(Oc2ccccc2)nc1C)C(=O)N3. The van der Waals surface area contributed by atoms with Crippen molar-refractivity contribution < 1.29 is 19.1 Å². The number of carbonyl (C=O) groups is 3. The van der Waals surface area contributed by atoms with E-state index in [1.807, 2.05) is 30.3 Å². The molecule has 0 unspecified atom stereocenters. The van der Waals surface area contributed by atoms with Gasteiger partial charge in [0, 0.05) is 30.8 Å². The molecule has 0 saturated heterocycles. The Labute approximate surface area is 234 Å². The molecule has 2 aliphatic rings. The molecule has 1 saturated carbocycles. The Morgan fingerprint density at radius 2 is 1.88 bits per heavy atom. The third-order valence-electron chi connectivity index (χ3n) is 7.18. The highest BCUT2D eigenvalue weighted by Crippen LogP contribution is 2.47. The number of hydrogen-bond acceptors (Lipinski definition) is 7. The van der Waals surface area contributed by atoms with Gasteiger partial charge in [-0.25, -0.2) is 14.8 Å². The van der Waals surface area contributed by atoms with Crippen molar-refractivity contribution in [2.75, 3.05) is 10.2 Å². The van der Waals surface area contributed by atoms with Crippen LogP contribution in [-0.4, -0.2) is 39.9 Å². The molecule has 0 bridgehead atoms. The molecule has 1 fully saturated rings. The van der Waals surface area contributed by atoms with E-state index in [1.165, 1.54) is 16.2 Å².